The maximum atomic E-state index is 11.7. The molecule has 1 fully saturated rings. The van der Waals surface area contributed by atoms with E-state index in [-0.39, 0.29) is 43.2 Å². The van der Waals surface area contributed by atoms with Crippen molar-refractivity contribution in [2.75, 3.05) is 13.1 Å². The standard InChI is InChI=1S/C11H18N2O4/c1-7(2)13-6-8(5-9(13)14)11(17)12-4-3-10(15)16/h7-8H,3-6H2,1-2H3,(H,12,17)(H,15,16)/t8-/m1/s1. The van der Waals surface area contributed by atoms with Gasteiger partial charge >= 0.3 is 5.97 Å². The third-order valence-electron chi connectivity index (χ3n) is 2.79. The van der Waals surface area contributed by atoms with Crippen LogP contribution in [0.15, 0.2) is 0 Å². The summed E-state index contributed by atoms with van der Waals surface area (Å²) in [5.41, 5.74) is 0. The molecule has 0 radical (unpaired) electrons. The molecule has 6 nitrogen and oxygen atoms in total. The maximum Gasteiger partial charge on any atom is 0.305 e. The largest absolute Gasteiger partial charge is 0.481 e. The molecule has 1 aliphatic heterocycles. The van der Waals surface area contributed by atoms with E-state index in [0.29, 0.717) is 6.54 Å². The lowest BCUT2D eigenvalue weighted by atomic mass is 10.1. The van der Waals surface area contributed by atoms with Gasteiger partial charge in [0.25, 0.3) is 0 Å². The summed E-state index contributed by atoms with van der Waals surface area (Å²) in [6.45, 7) is 4.35. The quantitative estimate of drug-likeness (QED) is 0.701. The van der Waals surface area contributed by atoms with Crippen LogP contribution in [0.2, 0.25) is 0 Å². The first-order valence-electron chi connectivity index (χ1n) is 5.70. The van der Waals surface area contributed by atoms with Crippen molar-refractivity contribution >= 4 is 17.8 Å². The number of nitrogens with one attached hydrogen (secondary N) is 1. The summed E-state index contributed by atoms with van der Waals surface area (Å²) in [6, 6.07) is 0.0966. The van der Waals surface area contributed by atoms with Gasteiger partial charge in [-0.2, -0.15) is 0 Å². The predicted octanol–water partition coefficient (Wildman–Crippen LogP) is -0.166. The van der Waals surface area contributed by atoms with Gasteiger partial charge in [0.05, 0.1) is 12.3 Å². The molecule has 1 saturated heterocycles. The van der Waals surface area contributed by atoms with Gasteiger partial charge in [0.15, 0.2) is 0 Å². The number of carboxylic acid groups (broad SMARTS) is 1. The van der Waals surface area contributed by atoms with Crippen LogP contribution in [0.4, 0.5) is 0 Å². The second kappa shape index (κ2) is 5.65. The normalized spacial score (nSPS) is 19.8. The Bertz CT molecular complexity index is 327. The average molecular weight is 242 g/mol. The smallest absolute Gasteiger partial charge is 0.305 e. The number of rotatable bonds is 5. The van der Waals surface area contributed by atoms with E-state index in [1.807, 2.05) is 13.8 Å². The summed E-state index contributed by atoms with van der Waals surface area (Å²) in [5, 5.41) is 11.0. The van der Waals surface area contributed by atoms with Gasteiger partial charge in [-0.05, 0) is 13.8 Å². The van der Waals surface area contributed by atoms with Crippen molar-refractivity contribution in [1.29, 1.82) is 0 Å². The third kappa shape index (κ3) is 3.72. The Balaban J connectivity index is 2.39. The molecule has 0 aromatic heterocycles. The fraction of sp³-hybridized carbons (Fsp3) is 0.727. The van der Waals surface area contributed by atoms with Crippen LogP contribution in [0.5, 0.6) is 0 Å². The van der Waals surface area contributed by atoms with E-state index in [4.69, 9.17) is 5.11 Å². The molecule has 0 spiro atoms. The molecule has 6 heteroatoms. The van der Waals surface area contributed by atoms with Crippen LogP contribution in [-0.4, -0.2) is 46.9 Å². The summed E-state index contributed by atoms with van der Waals surface area (Å²) in [6.07, 6.45) is 0.122. The van der Waals surface area contributed by atoms with Gasteiger partial charge in [-0.15, -0.1) is 0 Å². The Morgan fingerprint density at radius 2 is 2.18 bits per heavy atom. The molecule has 17 heavy (non-hydrogen) atoms. The van der Waals surface area contributed by atoms with Gasteiger partial charge in [0.2, 0.25) is 11.8 Å². The first-order chi connectivity index (χ1) is 7.91. The molecule has 0 aromatic carbocycles. The molecule has 0 bridgehead atoms. The predicted molar refractivity (Wildman–Crippen MR) is 60.2 cm³/mol. The first kappa shape index (κ1) is 13.5. The van der Waals surface area contributed by atoms with E-state index in [1.165, 1.54) is 0 Å². The SMILES string of the molecule is CC(C)N1C[C@H](C(=O)NCCC(=O)O)CC1=O. The number of carboxylic acids is 1. The molecule has 1 heterocycles. The topological polar surface area (TPSA) is 86.7 Å². The number of carbonyl (C=O) groups excluding carboxylic acids is 2. The highest BCUT2D eigenvalue weighted by atomic mass is 16.4. The van der Waals surface area contributed by atoms with E-state index < -0.39 is 5.97 Å². The van der Waals surface area contributed by atoms with Gasteiger partial charge in [-0.3, -0.25) is 14.4 Å². The van der Waals surface area contributed by atoms with Gasteiger partial charge < -0.3 is 15.3 Å². The number of hydrogen-bond donors (Lipinski definition) is 2. The van der Waals surface area contributed by atoms with E-state index >= 15 is 0 Å². The van der Waals surface area contributed by atoms with Crippen LogP contribution < -0.4 is 5.32 Å². The number of amides is 2. The molecule has 2 N–H and O–H groups in total. The van der Waals surface area contributed by atoms with Crippen LogP contribution in [0.3, 0.4) is 0 Å². The van der Waals surface area contributed by atoms with Gasteiger partial charge in [-0.25, -0.2) is 0 Å². The highest BCUT2D eigenvalue weighted by molar-refractivity contribution is 5.89. The summed E-state index contributed by atoms with van der Waals surface area (Å²) < 4.78 is 0. The lowest BCUT2D eigenvalue weighted by Gasteiger charge is -2.20. The fourth-order valence-corrected chi connectivity index (χ4v) is 1.84. The van der Waals surface area contributed by atoms with Crippen molar-refractivity contribution in [3.05, 3.63) is 0 Å². The summed E-state index contributed by atoms with van der Waals surface area (Å²) in [5.74, 6) is -1.54. The molecule has 2 amide bonds. The summed E-state index contributed by atoms with van der Waals surface area (Å²) >= 11 is 0. The monoisotopic (exact) mass is 242 g/mol. The van der Waals surface area contributed by atoms with E-state index in [2.05, 4.69) is 5.32 Å². The van der Waals surface area contributed by atoms with Crippen LogP contribution in [-0.2, 0) is 14.4 Å². The van der Waals surface area contributed by atoms with Crippen molar-refractivity contribution in [2.24, 2.45) is 5.92 Å². The molecule has 96 valence electrons. The number of hydrogen-bond acceptors (Lipinski definition) is 3. The average Bonchev–Trinajstić information content (AvgIpc) is 2.59. The zero-order valence-electron chi connectivity index (χ0n) is 10.1. The minimum Gasteiger partial charge on any atom is -0.481 e. The fourth-order valence-electron chi connectivity index (χ4n) is 1.84. The van der Waals surface area contributed by atoms with Crippen molar-refractivity contribution in [1.82, 2.24) is 10.2 Å². The second-order valence-corrected chi connectivity index (χ2v) is 4.48. The van der Waals surface area contributed by atoms with Gasteiger partial charge in [-0.1, -0.05) is 0 Å². The Kier molecular flexibility index (Phi) is 4.48. The molecule has 0 aliphatic carbocycles. The molecular weight excluding hydrogens is 224 g/mol. The lowest BCUT2D eigenvalue weighted by Crippen LogP contribution is -2.36. The summed E-state index contributed by atoms with van der Waals surface area (Å²) in [4.78, 5) is 35.2. The molecule has 1 rings (SSSR count). The van der Waals surface area contributed by atoms with Crippen LogP contribution in [0.25, 0.3) is 0 Å². The molecule has 0 aromatic rings. The molecule has 0 unspecified atom stereocenters. The Hall–Kier alpha value is -1.59. The van der Waals surface area contributed by atoms with Crippen molar-refractivity contribution in [3.63, 3.8) is 0 Å². The highest BCUT2D eigenvalue weighted by Gasteiger charge is 2.35. The van der Waals surface area contributed by atoms with Gasteiger partial charge in [0.1, 0.15) is 0 Å². The van der Waals surface area contributed by atoms with Gasteiger partial charge in [0, 0.05) is 25.6 Å². The minimum atomic E-state index is -0.948. The molecule has 1 atom stereocenters. The Morgan fingerprint density at radius 1 is 1.53 bits per heavy atom. The zero-order chi connectivity index (χ0) is 13.0. The second-order valence-electron chi connectivity index (χ2n) is 4.48. The highest BCUT2D eigenvalue weighted by Crippen LogP contribution is 2.19. The first-order valence-corrected chi connectivity index (χ1v) is 5.70. The number of aliphatic carboxylic acids is 1. The van der Waals surface area contributed by atoms with Crippen LogP contribution in [0, 0.1) is 5.92 Å². The lowest BCUT2D eigenvalue weighted by molar-refractivity contribution is -0.137. The Labute approximate surface area is 100.0 Å². The zero-order valence-corrected chi connectivity index (χ0v) is 10.1. The summed E-state index contributed by atoms with van der Waals surface area (Å²) in [7, 11) is 0. The van der Waals surface area contributed by atoms with Crippen molar-refractivity contribution in [3.8, 4) is 0 Å². The number of likely N-dealkylation sites (tertiary alicyclic amines) is 1. The minimum absolute atomic E-state index is 0.0154. The van der Waals surface area contributed by atoms with Crippen molar-refractivity contribution < 1.29 is 19.5 Å². The molecular formula is C11H18N2O4. The number of nitrogens with zero attached hydrogens (tertiary/aromatic N) is 1. The van der Waals surface area contributed by atoms with Crippen LogP contribution in [0.1, 0.15) is 26.7 Å². The molecule has 1 aliphatic rings. The van der Waals surface area contributed by atoms with Crippen molar-refractivity contribution in [2.45, 2.75) is 32.7 Å². The van der Waals surface area contributed by atoms with E-state index in [9.17, 15) is 14.4 Å². The van der Waals surface area contributed by atoms with E-state index in [1.54, 1.807) is 4.90 Å². The Morgan fingerprint density at radius 3 is 2.65 bits per heavy atom. The number of carbonyl (C=O) groups is 3. The maximum absolute atomic E-state index is 11.7. The van der Waals surface area contributed by atoms with E-state index in [0.717, 1.165) is 0 Å². The van der Waals surface area contributed by atoms with Crippen LogP contribution >= 0.6 is 0 Å². The molecule has 0 saturated carbocycles. The third-order valence-corrected chi connectivity index (χ3v) is 2.79.